The van der Waals surface area contributed by atoms with Gasteiger partial charge in [-0.3, -0.25) is 28.9 Å². The Labute approximate surface area is 301 Å². The quantitative estimate of drug-likeness (QED) is 0.111. The predicted molar refractivity (Wildman–Crippen MR) is 183 cm³/mol. The topological polar surface area (TPSA) is 193 Å². The third kappa shape index (κ3) is 10.9. The molecule has 1 saturated heterocycles. The van der Waals surface area contributed by atoms with Gasteiger partial charge in [0.25, 0.3) is 0 Å². The van der Waals surface area contributed by atoms with Gasteiger partial charge in [0.05, 0.1) is 6.61 Å². The number of hydrogen-bond donors (Lipinski definition) is 2. The first-order valence-corrected chi connectivity index (χ1v) is 16.8. The second-order valence-electron chi connectivity index (χ2n) is 12.3. The van der Waals surface area contributed by atoms with Crippen LogP contribution in [0.3, 0.4) is 0 Å². The largest absolute Gasteiger partial charge is 0.480 e. The van der Waals surface area contributed by atoms with E-state index in [1.54, 1.807) is 12.2 Å². The third-order valence-electron chi connectivity index (χ3n) is 8.31. The molecule has 2 N–H and O–H groups in total. The van der Waals surface area contributed by atoms with Gasteiger partial charge >= 0.3 is 30.0 Å². The molecule has 1 fully saturated rings. The Morgan fingerprint density at radius 2 is 1.42 bits per heavy atom. The number of carboxylic acids is 1. The first-order chi connectivity index (χ1) is 24.8. The Balaban J connectivity index is 1.34. The molecule has 0 bridgehead atoms. The van der Waals surface area contributed by atoms with Crippen LogP contribution in [0.5, 0.6) is 0 Å². The maximum Gasteiger partial charge on any atom is 0.410 e. The smallest absolute Gasteiger partial charge is 0.410 e. The number of nitrogens with one attached hydrogen (secondary N) is 1. The first kappa shape index (κ1) is 39.5. The Bertz CT molecular complexity index is 1600. The summed E-state index contributed by atoms with van der Waals surface area (Å²) in [5.74, 6) is -3.91. The molecule has 4 rings (SSSR count). The monoisotopic (exact) mass is 724 g/mol. The molecule has 2 aromatic carbocycles. The van der Waals surface area contributed by atoms with E-state index in [0.717, 1.165) is 41.0 Å². The fraction of sp³-hybridized carbons (Fsp3) is 0.459. The number of amides is 2. The molecule has 1 aliphatic carbocycles. The highest BCUT2D eigenvalue weighted by atomic mass is 16.7. The highest BCUT2D eigenvalue weighted by molar-refractivity contribution is 5.80. The van der Waals surface area contributed by atoms with Crippen molar-refractivity contribution in [2.45, 2.75) is 77.1 Å². The van der Waals surface area contributed by atoms with Gasteiger partial charge in [-0.25, -0.2) is 4.79 Å². The van der Waals surface area contributed by atoms with E-state index in [4.69, 9.17) is 28.4 Å². The lowest BCUT2D eigenvalue weighted by Gasteiger charge is -2.44. The molecule has 1 heterocycles. The number of aliphatic carboxylic acids is 1. The number of nitrogens with zero attached hydrogens (tertiary/aromatic N) is 1. The lowest BCUT2D eigenvalue weighted by atomic mass is 9.96. The molecule has 0 spiro atoms. The second-order valence-corrected chi connectivity index (χ2v) is 12.3. The van der Waals surface area contributed by atoms with Crippen molar-refractivity contribution in [1.82, 2.24) is 10.2 Å². The van der Waals surface area contributed by atoms with Crippen LogP contribution in [0.1, 0.15) is 57.6 Å². The molecule has 0 saturated carbocycles. The van der Waals surface area contributed by atoms with Gasteiger partial charge in [0, 0.05) is 40.2 Å². The number of rotatable bonds is 16. The SMILES string of the molecule is CC(=O)N[C@H]1[C@H](OC/C=C/CCCN(CC(=O)O)C(=O)OCC2c3ccccc3-c3ccccc32)O[C@H](COC(C)=O)[C@@H](OC(C)=O)[C@@H]1OC(C)=O. The molecule has 5 atom stereocenters. The maximum atomic E-state index is 13.1. The summed E-state index contributed by atoms with van der Waals surface area (Å²) < 4.78 is 33.4. The number of fused-ring (bicyclic) bond motifs is 3. The minimum Gasteiger partial charge on any atom is -0.480 e. The van der Waals surface area contributed by atoms with E-state index < -0.39 is 73.1 Å². The minimum absolute atomic E-state index is 0.0444. The number of carbonyl (C=O) groups excluding carboxylic acids is 5. The Morgan fingerprint density at radius 1 is 0.808 bits per heavy atom. The van der Waals surface area contributed by atoms with E-state index in [0.29, 0.717) is 12.8 Å². The van der Waals surface area contributed by atoms with Crippen molar-refractivity contribution in [3.05, 3.63) is 71.8 Å². The van der Waals surface area contributed by atoms with Gasteiger partial charge in [0.15, 0.2) is 18.5 Å². The van der Waals surface area contributed by atoms with Crippen LogP contribution in [0.25, 0.3) is 11.1 Å². The number of ether oxygens (including phenoxy) is 6. The minimum atomic E-state index is -1.24. The average Bonchev–Trinajstić information content (AvgIpc) is 3.40. The summed E-state index contributed by atoms with van der Waals surface area (Å²) in [7, 11) is 0. The highest BCUT2D eigenvalue weighted by Gasteiger charge is 2.51. The summed E-state index contributed by atoms with van der Waals surface area (Å²) in [6.45, 7) is 3.97. The Hall–Kier alpha value is -5.28. The molecule has 15 nitrogen and oxygen atoms in total. The normalized spacial score (nSPS) is 20.7. The van der Waals surface area contributed by atoms with E-state index in [9.17, 15) is 33.9 Å². The van der Waals surface area contributed by atoms with Gasteiger partial charge in [-0.2, -0.15) is 0 Å². The lowest BCUT2D eigenvalue weighted by Crippen LogP contribution is -2.66. The van der Waals surface area contributed by atoms with E-state index in [2.05, 4.69) is 5.32 Å². The van der Waals surface area contributed by atoms with Gasteiger partial charge in [0.2, 0.25) is 5.91 Å². The van der Waals surface area contributed by atoms with Crippen molar-refractivity contribution < 1.29 is 62.3 Å². The molecule has 0 radical (unpaired) electrons. The standard InChI is InChI=1S/C37H44N2O13/c1-22(40)38-33-35(51-25(4)43)34(50-24(3)42)31(21-48-23(2)41)52-36(33)47-18-12-6-5-11-17-39(19-32(44)45)37(46)49-20-30-28-15-9-7-13-26(28)27-14-8-10-16-29(27)30/h6-10,12-16,30-31,33-36H,5,11,17-21H2,1-4H3,(H,38,40)(H,44,45)/b12-6+/t31-,33-,34-,35-,36-/m1/s1. The fourth-order valence-corrected chi connectivity index (χ4v) is 6.25. The number of hydrogen-bond acceptors (Lipinski definition) is 12. The number of benzene rings is 2. The van der Waals surface area contributed by atoms with Crippen LogP contribution in [0.4, 0.5) is 4.79 Å². The summed E-state index contributed by atoms with van der Waals surface area (Å²) in [5, 5.41) is 12.1. The summed E-state index contributed by atoms with van der Waals surface area (Å²) in [5.41, 5.74) is 4.24. The molecular weight excluding hydrogens is 680 g/mol. The van der Waals surface area contributed by atoms with Crippen LogP contribution >= 0.6 is 0 Å². The van der Waals surface area contributed by atoms with E-state index in [1.807, 2.05) is 48.5 Å². The molecule has 0 unspecified atom stereocenters. The van der Waals surface area contributed by atoms with Crippen LogP contribution in [0.2, 0.25) is 0 Å². The predicted octanol–water partition coefficient (Wildman–Crippen LogP) is 3.33. The Kier molecular flexibility index (Phi) is 14.3. The lowest BCUT2D eigenvalue weighted by molar-refractivity contribution is -0.275. The average molecular weight is 725 g/mol. The zero-order chi connectivity index (χ0) is 37.8. The summed E-state index contributed by atoms with van der Waals surface area (Å²) >= 11 is 0. The number of unbranched alkanes of at least 4 members (excludes halogenated alkanes) is 1. The van der Waals surface area contributed by atoms with Gasteiger partial charge < -0.3 is 38.8 Å². The van der Waals surface area contributed by atoms with Crippen molar-refractivity contribution >= 4 is 35.9 Å². The van der Waals surface area contributed by atoms with Crippen LogP contribution in [-0.4, -0.2) is 109 Å². The number of esters is 3. The van der Waals surface area contributed by atoms with E-state index in [1.165, 1.54) is 13.8 Å². The summed E-state index contributed by atoms with van der Waals surface area (Å²) in [6.07, 6.45) is -1.27. The van der Waals surface area contributed by atoms with Gasteiger partial charge in [0.1, 0.15) is 31.9 Å². The van der Waals surface area contributed by atoms with Crippen molar-refractivity contribution in [1.29, 1.82) is 0 Å². The summed E-state index contributed by atoms with van der Waals surface area (Å²) in [4.78, 5) is 73.4. The molecular formula is C37H44N2O13. The highest BCUT2D eigenvalue weighted by Crippen LogP contribution is 2.44. The summed E-state index contributed by atoms with van der Waals surface area (Å²) in [6, 6.07) is 14.7. The number of carbonyl (C=O) groups is 6. The van der Waals surface area contributed by atoms with Crippen LogP contribution in [-0.2, 0) is 52.4 Å². The molecule has 2 amide bonds. The van der Waals surface area contributed by atoms with Crippen LogP contribution in [0.15, 0.2) is 60.7 Å². The molecule has 0 aromatic heterocycles. The molecule has 280 valence electrons. The number of carboxylic acid groups (broad SMARTS) is 1. The van der Waals surface area contributed by atoms with E-state index in [-0.39, 0.29) is 32.3 Å². The van der Waals surface area contributed by atoms with Gasteiger partial charge in [-0.15, -0.1) is 0 Å². The van der Waals surface area contributed by atoms with Crippen LogP contribution in [0, 0.1) is 0 Å². The van der Waals surface area contributed by atoms with Gasteiger partial charge in [-0.1, -0.05) is 60.7 Å². The van der Waals surface area contributed by atoms with Crippen molar-refractivity contribution in [2.24, 2.45) is 0 Å². The van der Waals surface area contributed by atoms with Crippen molar-refractivity contribution in [3.8, 4) is 11.1 Å². The molecule has 1 aliphatic heterocycles. The maximum absolute atomic E-state index is 13.1. The van der Waals surface area contributed by atoms with E-state index >= 15 is 0 Å². The zero-order valence-corrected chi connectivity index (χ0v) is 29.5. The molecule has 2 aromatic rings. The van der Waals surface area contributed by atoms with Crippen LogP contribution < -0.4 is 5.32 Å². The number of allylic oxidation sites excluding steroid dienone is 1. The molecule has 52 heavy (non-hydrogen) atoms. The van der Waals surface area contributed by atoms with Crippen molar-refractivity contribution in [3.63, 3.8) is 0 Å². The Morgan fingerprint density at radius 3 is 2.00 bits per heavy atom. The molecule has 2 aliphatic rings. The second kappa shape index (κ2) is 18.8. The van der Waals surface area contributed by atoms with Gasteiger partial charge in [-0.05, 0) is 35.1 Å². The fourth-order valence-electron chi connectivity index (χ4n) is 6.25. The third-order valence-corrected chi connectivity index (χ3v) is 8.31. The molecule has 15 heteroatoms. The van der Waals surface area contributed by atoms with Crippen molar-refractivity contribution in [2.75, 3.05) is 32.9 Å². The first-order valence-electron chi connectivity index (χ1n) is 16.8. The zero-order valence-electron chi connectivity index (χ0n) is 29.5.